The topological polar surface area (TPSA) is 148 Å². The molecule has 24 heavy (non-hydrogen) atoms. The van der Waals surface area contributed by atoms with Crippen molar-refractivity contribution in [2.24, 2.45) is 5.73 Å². The van der Waals surface area contributed by atoms with Gasteiger partial charge in [0.25, 0.3) is 5.91 Å². The zero-order valence-corrected chi connectivity index (χ0v) is 13.8. The number of hydroxylamine groups is 5. The highest BCUT2D eigenvalue weighted by molar-refractivity contribution is 7.80. The molecule has 1 unspecified atom stereocenters. The minimum absolute atomic E-state index is 0.0475. The van der Waals surface area contributed by atoms with Crippen LogP contribution in [-0.4, -0.2) is 72.4 Å². The average molecular weight is 365 g/mol. The number of quaternary nitrogens is 1. The van der Waals surface area contributed by atoms with Crippen LogP contribution in [0, 0.1) is 0 Å². The van der Waals surface area contributed by atoms with Crippen LogP contribution in [0.25, 0.3) is 0 Å². The second kappa shape index (κ2) is 6.20. The van der Waals surface area contributed by atoms with E-state index in [1.807, 2.05) is 0 Å². The number of primary amides is 1. The van der Waals surface area contributed by atoms with Crippen LogP contribution in [0.5, 0.6) is 0 Å². The quantitative estimate of drug-likeness (QED) is 0.401. The lowest BCUT2D eigenvalue weighted by Gasteiger charge is -2.38. The number of piperidine rings is 2. The molecular formula is C12H21N4O7S+. The van der Waals surface area contributed by atoms with Crippen molar-refractivity contribution in [2.75, 3.05) is 19.6 Å². The van der Waals surface area contributed by atoms with Gasteiger partial charge in [-0.1, -0.05) is 4.65 Å². The molecular weight excluding hydrogens is 344 g/mol. The van der Waals surface area contributed by atoms with Crippen LogP contribution in [0.15, 0.2) is 0 Å². The van der Waals surface area contributed by atoms with E-state index in [4.69, 9.17) is 15.1 Å². The maximum atomic E-state index is 12.8. The van der Waals surface area contributed by atoms with Gasteiger partial charge in [-0.05, 0) is 32.4 Å². The molecule has 0 aromatic carbocycles. The maximum Gasteiger partial charge on any atom is 0.477 e. The van der Waals surface area contributed by atoms with E-state index in [2.05, 4.69) is 9.60 Å². The first-order valence-electron chi connectivity index (χ1n) is 7.80. The van der Waals surface area contributed by atoms with Crippen molar-refractivity contribution in [3.8, 4) is 0 Å². The number of hydrogen-bond acceptors (Lipinski definition) is 7. The number of nitrogens with two attached hydrogens (primary N) is 1. The number of amides is 3. The van der Waals surface area contributed by atoms with Gasteiger partial charge >= 0.3 is 16.4 Å². The minimum Gasteiger partial charge on any atom is -0.364 e. The fourth-order valence-electron chi connectivity index (χ4n) is 3.69. The van der Waals surface area contributed by atoms with Gasteiger partial charge in [0.2, 0.25) is 6.04 Å². The van der Waals surface area contributed by atoms with Crippen molar-refractivity contribution >= 4 is 22.3 Å². The van der Waals surface area contributed by atoms with Crippen LogP contribution in [0.4, 0.5) is 4.79 Å². The van der Waals surface area contributed by atoms with Gasteiger partial charge in [-0.3, -0.25) is 9.35 Å². The molecule has 3 aliphatic heterocycles. The van der Waals surface area contributed by atoms with Gasteiger partial charge in [-0.15, -0.1) is 9.35 Å². The molecule has 3 aliphatic rings. The van der Waals surface area contributed by atoms with E-state index in [1.165, 1.54) is 0 Å². The summed E-state index contributed by atoms with van der Waals surface area (Å²) in [6.45, 7) is 1.48. The van der Waals surface area contributed by atoms with Gasteiger partial charge < -0.3 is 11.1 Å². The zero-order valence-electron chi connectivity index (χ0n) is 13.0. The fourth-order valence-corrected chi connectivity index (χ4v) is 4.08. The molecule has 3 saturated heterocycles. The lowest BCUT2D eigenvalue weighted by atomic mass is 9.99. The summed E-state index contributed by atoms with van der Waals surface area (Å²) in [6.07, 6.45) is 1.64. The number of carbonyl (C=O) groups excluding carboxylic acids is 2. The number of urea groups is 1. The molecule has 11 nitrogen and oxygen atoms in total. The van der Waals surface area contributed by atoms with E-state index in [0.29, 0.717) is 24.3 Å². The Balaban J connectivity index is 1.90. The van der Waals surface area contributed by atoms with Gasteiger partial charge in [-0.2, -0.15) is 13.3 Å². The Morgan fingerprint density at radius 1 is 1.29 bits per heavy atom. The van der Waals surface area contributed by atoms with Crippen molar-refractivity contribution in [3.63, 3.8) is 0 Å². The van der Waals surface area contributed by atoms with Crippen LogP contribution < -0.4 is 11.1 Å². The Hall–Kier alpha value is -1.31. The maximum absolute atomic E-state index is 12.8. The molecule has 0 aromatic heterocycles. The predicted molar refractivity (Wildman–Crippen MR) is 78.0 cm³/mol. The molecule has 136 valence electrons. The molecule has 0 saturated carbocycles. The Morgan fingerprint density at radius 3 is 2.54 bits per heavy atom. The molecule has 0 radical (unpaired) electrons. The summed E-state index contributed by atoms with van der Waals surface area (Å²) in [4.78, 5) is 30.7. The lowest BCUT2D eigenvalue weighted by Crippen LogP contribution is -2.64. The van der Waals surface area contributed by atoms with Crippen LogP contribution in [0.2, 0.25) is 0 Å². The monoisotopic (exact) mass is 365 g/mol. The van der Waals surface area contributed by atoms with E-state index in [9.17, 15) is 18.0 Å². The SMILES string of the molecule is NC(=O)[C@@H]1CC[C@@H]2C[N+]1(OC1CCNCC1)C(=O)N2OS(=O)(=O)O. The highest BCUT2D eigenvalue weighted by Crippen LogP contribution is 2.39. The Bertz CT molecular complexity index is 635. The normalized spacial score (nSPS) is 34.5. The summed E-state index contributed by atoms with van der Waals surface area (Å²) in [5.41, 5.74) is 5.45. The highest BCUT2D eigenvalue weighted by Gasteiger charge is 2.66. The second-order valence-corrected chi connectivity index (χ2v) is 7.30. The number of nitrogens with one attached hydrogen (secondary N) is 1. The summed E-state index contributed by atoms with van der Waals surface area (Å²) in [6, 6.07) is -2.37. The first kappa shape index (κ1) is 17.5. The van der Waals surface area contributed by atoms with E-state index in [0.717, 1.165) is 13.1 Å². The molecule has 3 fully saturated rings. The van der Waals surface area contributed by atoms with E-state index in [-0.39, 0.29) is 19.1 Å². The van der Waals surface area contributed by atoms with Gasteiger partial charge in [-0.25, -0.2) is 4.79 Å². The summed E-state index contributed by atoms with van der Waals surface area (Å²) in [7, 11) is -4.86. The Morgan fingerprint density at radius 2 is 1.96 bits per heavy atom. The Labute approximate surface area is 139 Å². The van der Waals surface area contributed by atoms with Crippen molar-refractivity contribution in [2.45, 2.75) is 43.9 Å². The highest BCUT2D eigenvalue weighted by atomic mass is 32.3. The van der Waals surface area contributed by atoms with Crippen LogP contribution in [0.3, 0.4) is 0 Å². The molecule has 3 rings (SSSR count). The molecule has 12 heteroatoms. The van der Waals surface area contributed by atoms with Crippen LogP contribution in [0.1, 0.15) is 25.7 Å². The number of rotatable bonds is 5. The van der Waals surface area contributed by atoms with Gasteiger partial charge in [0.05, 0.1) is 0 Å². The first-order valence-corrected chi connectivity index (χ1v) is 9.16. The van der Waals surface area contributed by atoms with Crippen molar-refractivity contribution < 1.29 is 36.3 Å². The fraction of sp³-hybridized carbons (Fsp3) is 0.833. The van der Waals surface area contributed by atoms with Gasteiger partial charge in [0.1, 0.15) is 18.7 Å². The second-order valence-electron chi connectivity index (χ2n) is 6.29. The van der Waals surface area contributed by atoms with Crippen LogP contribution >= 0.6 is 0 Å². The molecule has 3 heterocycles. The van der Waals surface area contributed by atoms with Crippen molar-refractivity contribution in [3.05, 3.63) is 0 Å². The standard InChI is InChI=1S/C12H20N4O7S/c13-11(17)10-2-1-8-7-16(10,22-9-3-5-14-6-4-9)12(18)15(8)23-24(19,20)21/h8-10,14H,1-7H2,(H2-,13,17,19,20,21)/p+1/t8-,10+,16?/m1/s1. The summed E-state index contributed by atoms with van der Waals surface area (Å²) >= 11 is 0. The van der Waals surface area contributed by atoms with Crippen LogP contribution in [-0.2, 0) is 24.3 Å². The molecule has 3 atom stereocenters. The first-order chi connectivity index (χ1) is 11.2. The van der Waals surface area contributed by atoms with E-state index in [1.54, 1.807) is 0 Å². The molecule has 4 N–H and O–H groups in total. The molecule has 3 amide bonds. The van der Waals surface area contributed by atoms with E-state index < -0.39 is 39.1 Å². The van der Waals surface area contributed by atoms with Gasteiger partial charge in [0, 0.05) is 6.42 Å². The number of fused-ring (bicyclic) bond motifs is 2. The zero-order chi connectivity index (χ0) is 17.5. The molecule has 2 bridgehead atoms. The van der Waals surface area contributed by atoms with Crippen molar-refractivity contribution in [1.29, 1.82) is 0 Å². The number of carbonyl (C=O) groups is 2. The average Bonchev–Trinajstić information content (AvgIpc) is 2.68. The summed E-state index contributed by atoms with van der Waals surface area (Å²) in [5.74, 6) is -0.690. The predicted octanol–water partition coefficient (Wildman–Crippen LogP) is -1.33. The van der Waals surface area contributed by atoms with Crippen molar-refractivity contribution in [1.82, 2.24) is 10.4 Å². The molecule has 0 aromatic rings. The number of hydrogen-bond donors (Lipinski definition) is 3. The van der Waals surface area contributed by atoms with Gasteiger partial charge in [0.15, 0.2) is 0 Å². The lowest BCUT2D eigenvalue weighted by molar-refractivity contribution is -1.06. The largest absolute Gasteiger partial charge is 0.477 e. The molecule has 0 spiro atoms. The third-order valence-electron chi connectivity index (χ3n) is 4.73. The molecule has 0 aliphatic carbocycles. The summed E-state index contributed by atoms with van der Waals surface area (Å²) < 4.78 is 34.7. The third-order valence-corrected chi connectivity index (χ3v) is 5.08. The van der Waals surface area contributed by atoms with E-state index >= 15 is 0 Å². The summed E-state index contributed by atoms with van der Waals surface area (Å²) in [5, 5.41) is 3.76. The third kappa shape index (κ3) is 3.12. The number of nitrogens with zero attached hydrogens (tertiary/aromatic N) is 2. The smallest absolute Gasteiger partial charge is 0.364 e. The minimum atomic E-state index is -4.86. The Kier molecular flexibility index (Phi) is 4.53.